The largest absolute Gasteiger partial charge is 0.444 e. The molecular weight excluding hydrogens is 716 g/mol. The molecule has 1 saturated heterocycles. The number of carbonyl (C=O) groups excluding carboxylic acids is 1. The maximum Gasteiger partial charge on any atom is 0.410 e. The molecule has 4 aromatic heterocycles. The molecule has 1 aliphatic rings. The van der Waals surface area contributed by atoms with Crippen LogP contribution in [-0.4, -0.2) is 65.8 Å². The van der Waals surface area contributed by atoms with Crippen LogP contribution in [0.15, 0.2) is 134 Å². The first-order valence-electron chi connectivity index (χ1n) is 18.4. The number of hydrogen-bond donors (Lipinski definition) is 1. The molecule has 12 heteroatoms. The van der Waals surface area contributed by atoms with Crippen molar-refractivity contribution in [2.24, 2.45) is 0 Å². The molecule has 7 aromatic rings. The molecule has 5 heterocycles. The number of alkyl halides is 1. The molecule has 0 unspecified atom stereocenters. The Balaban J connectivity index is 1.16. The van der Waals surface area contributed by atoms with Crippen LogP contribution in [0.1, 0.15) is 43.9 Å². The summed E-state index contributed by atoms with van der Waals surface area (Å²) < 4.78 is 55.2. The van der Waals surface area contributed by atoms with E-state index in [0.29, 0.717) is 5.65 Å². The van der Waals surface area contributed by atoms with Crippen LogP contribution in [0.4, 0.5) is 23.8 Å². The van der Waals surface area contributed by atoms with E-state index in [2.05, 4.69) is 61.2 Å². The summed E-state index contributed by atoms with van der Waals surface area (Å²) in [7, 11) is 0. The lowest BCUT2D eigenvalue weighted by molar-refractivity contribution is 0.0150. The van der Waals surface area contributed by atoms with Gasteiger partial charge in [0.25, 0.3) is 0 Å². The number of imidazole rings is 2. The molecule has 2 atom stereocenters. The van der Waals surface area contributed by atoms with Crippen molar-refractivity contribution in [3.63, 3.8) is 0 Å². The summed E-state index contributed by atoms with van der Waals surface area (Å²) in [6.45, 7) is 5.29. The van der Waals surface area contributed by atoms with Gasteiger partial charge in [-0.2, -0.15) is 0 Å². The molecular formula is C44H40F3N7O2. The number of likely N-dealkylation sites (tertiary alicyclic amines) is 1. The molecule has 0 spiro atoms. The van der Waals surface area contributed by atoms with Gasteiger partial charge in [-0.1, -0.05) is 91.0 Å². The molecule has 1 fully saturated rings. The van der Waals surface area contributed by atoms with Crippen LogP contribution >= 0.6 is 0 Å². The number of fused-ring (bicyclic) bond motifs is 1. The third-order valence-electron chi connectivity index (χ3n) is 10.1. The van der Waals surface area contributed by atoms with Gasteiger partial charge in [0.2, 0.25) is 0 Å². The first kappa shape index (κ1) is 36.5. The molecule has 284 valence electrons. The molecule has 3 aromatic carbocycles. The third kappa shape index (κ3) is 6.76. The number of carbonyl (C=O) groups is 1. The van der Waals surface area contributed by atoms with Crippen LogP contribution in [0.3, 0.4) is 0 Å². The highest BCUT2D eigenvalue weighted by molar-refractivity contribution is 5.71. The first-order valence-corrected chi connectivity index (χ1v) is 18.4. The number of anilines is 1. The summed E-state index contributed by atoms with van der Waals surface area (Å²) in [4.78, 5) is 27.7. The quantitative estimate of drug-likeness (QED) is 0.156. The SMILES string of the molecule is CC(C)(C)OC(=O)N1CC[C@H](F)[C@@H](Nc2nc(-c3cnc4cc(-c5cncn5C(c5ccccc5)(c5ccccc5)c5ccccc5)ccn34)c(F)cc2F)C1. The number of halogens is 3. The fourth-order valence-corrected chi connectivity index (χ4v) is 7.52. The van der Waals surface area contributed by atoms with E-state index < -0.39 is 41.1 Å². The van der Waals surface area contributed by atoms with Gasteiger partial charge in [0, 0.05) is 30.9 Å². The zero-order chi connectivity index (χ0) is 39.0. The number of nitrogens with one attached hydrogen (secondary N) is 1. The lowest BCUT2D eigenvalue weighted by Gasteiger charge is -2.38. The lowest BCUT2D eigenvalue weighted by atomic mass is 9.76. The Morgan fingerprint density at radius 1 is 0.821 bits per heavy atom. The van der Waals surface area contributed by atoms with Gasteiger partial charge in [0.15, 0.2) is 17.5 Å². The highest BCUT2D eigenvalue weighted by Gasteiger charge is 2.40. The second-order valence-corrected chi connectivity index (χ2v) is 14.9. The van der Waals surface area contributed by atoms with E-state index in [1.54, 1.807) is 31.4 Å². The number of hydrogen-bond acceptors (Lipinski definition) is 6. The molecule has 0 saturated carbocycles. The normalized spacial score (nSPS) is 16.2. The number of ether oxygens (including phenoxy) is 1. The summed E-state index contributed by atoms with van der Waals surface area (Å²) in [5.74, 6) is -2.24. The van der Waals surface area contributed by atoms with Crippen molar-refractivity contribution >= 4 is 17.6 Å². The van der Waals surface area contributed by atoms with Gasteiger partial charge in [-0.05, 0) is 56.0 Å². The zero-order valence-corrected chi connectivity index (χ0v) is 31.1. The van der Waals surface area contributed by atoms with E-state index in [9.17, 15) is 4.79 Å². The van der Waals surface area contributed by atoms with Gasteiger partial charge in [0.05, 0.1) is 36.2 Å². The third-order valence-corrected chi connectivity index (χ3v) is 10.1. The van der Waals surface area contributed by atoms with Gasteiger partial charge in [-0.3, -0.25) is 4.40 Å². The van der Waals surface area contributed by atoms with Gasteiger partial charge >= 0.3 is 6.09 Å². The Morgan fingerprint density at radius 3 is 2.05 bits per heavy atom. The minimum atomic E-state index is -1.41. The smallest absolute Gasteiger partial charge is 0.410 e. The molecule has 1 N–H and O–H groups in total. The average molecular weight is 756 g/mol. The van der Waals surface area contributed by atoms with Crippen molar-refractivity contribution in [2.45, 2.75) is 50.5 Å². The van der Waals surface area contributed by atoms with Gasteiger partial charge in [-0.15, -0.1) is 0 Å². The van der Waals surface area contributed by atoms with Crippen LogP contribution in [0.5, 0.6) is 0 Å². The van der Waals surface area contributed by atoms with E-state index in [1.807, 2.05) is 79.3 Å². The van der Waals surface area contributed by atoms with Gasteiger partial charge in [-0.25, -0.2) is 32.9 Å². The van der Waals surface area contributed by atoms with Crippen molar-refractivity contribution in [1.82, 2.24) is 28.8 Å². The van der Waals surface area contributed by atoms with E-state index in [1.165, 1.54) is 11.1 Å². The van der Waals surface area contributed by atoms with Crippen molar-refractivity contribution in [2.75, 3.05) is 18.4 Å². The lowest BCUT2D eigenvalue weighted by Crippen LogP contribution is -2.52. The highest BCUT2D eigenvalue weighted by atomic mass is 19.1. The highest BCUT2D eigenvalue weighted by Crippen LogP contribution is 2.43. The van der Waals surface area contributed by atoms with Crippen LogP contribution in [0, 0.1) is 11.6 Å². The minimum Gasteiger partial charge on any atom is -0.444 e. The Hall–Kier alpha value is -6.43. The number of pyridine rings is 2. The number of amides is 1. The average Bonchev–Trinajstić information content (AvgIpc) is 3.86. The molecule has 1 aliphatic heterocycles. The predicted molar refractivity (Wildman–Crippen MR) is 209 cm³/mol. The predicted octanol–water partition coefficient (Wildman–Crippen LogP) is 9.14. The summed E-state index contributed by atoms with van der Waals surface area (Å²) in [5.41, 5.74) is 3.74. The van der Waals surface area contributed by atoms with E-state index >= 15 is 13.2 Å². The summed E-state index contributed by atoms with van der Waals surface area (Å²) in [6.07, 6.45) is 4.88. The minimum absolute atomic E-state index is 0.0181. The molecule has 0 radical (unpaired) electrons. The Labute approximate surface area is 322 Å². The number of nitrogens with zero attached hydrogens (tertiary/aromatic N) is 6. The van der Waals surface area contributed by atoms with E-state index in [-0.39, 0.29) is 36.7 Å². The summed E-state index contributed by atoms with van der Waals surface area (Å²) in [6, 6.07) is 34.3. The molecule has 9 nitrogen and oxygen atoms in total. The van der Waals surface area contributed by atoms with Crippen molar-refractivity contribution in [3.05, 3.63) is 162 Å². The molecule has 1 amide bonds. The summed E-state index contributed by atoms with van der Waals surface area (Å²) in [5, 5.41) is 2.80. The number of rotatable bonds is 8. The number of piperidine rings is 1. The fourth-order valence-electron chi connectivity index (χ4n) is 7.52. The van der Waals surface area contributed by atoms with Gasteiger partial charge < -0.3 is 19.5 Å². The molecule has 0 aliphatic carbocycles. The van der Waals surface area contributed by atoms with Crippen LogP contribution in [0.25, 0.3) is 28.3 Å². The fraction of sp³-hybridized carbons (Fsp3) is 0.227. The van der Waals surface area contributed by atoms with Crippen molar-refractivity contribution in [1.29, 1.82) is 0 Å². The van der Waals surface area contributed by atoms with E-state index in [0.717, 1.165) is 34.0 Å². The van der Waals surface area contributed by atoms with Crippen LogP contribution < -0.4 is 5.32 Å². The maximum absolute atomic E-state index is 15.5. The topological polar surface area (TPSA) is 89.6 Å². The number of aromatic nitrogens is 5. The monoisotopic (exact) mass is 755 g/mol. The second kappa shape index (κ2) is 14.7. The maximum atomic E-state index is 15.5. The Kier molecular flexibility index (Phi) is 9.57. The van der Waals surface area contributed by atoms with Crippen molar-refractivity contribution < 1.29 is 22.7 Å². The zero-order valence-electron chi connectivity index (χ0n) is 31.1. The standard InChI is InChI=1S/C44H40F3N7O2/c1-43(2,3)56-42(55)52-21-20-33(45)36(27-52)50-41-35(47)24-34(46)40(51-41)38-26-49-39-23-29(19-22-53(38)39)37-25-48-28-54(37)44(30-13-7-4-8-14-30,31-15-9-5-10-16-31)32-17-11-6-12-18-32/h4-19,22-26,28,33,36H,20-21,27H2,1-3H3,(H,50,51)/t33-,36-/m0/s1. The Morgan fingerprint density at radius 2 is 1.45 bits per heavy atom. The summed E-state index contributed by atoms with van der Waals surface area (Å²) >= 11 is 0. The first-order chi connectivity index (χ1) is 27.0. The molecule has 8 rings (SSSR count). The Bertz CT molecular complexity index is 2390. The molecule has 56 heavy (non-hydrogen) atoms. The van der Waals surface area contributed by atoms with E-state index in [4.69, 9.17) is 4.74 Å². The van der Waals surface area contributed by atoms with Gasteiger partial charge in [0.1, 0.15) is 28.7 Å². The van der Waals surface area contributed by atoms with Crippen LogP contribution in [-0.2, 0) is 10.3 Å². The van der Waals surface area contributed by atoms with Crippen molar-refractivity contribution in [3.8, 4) is 22.6 Å². The molecule has 0 bridgehead atoms. The van der Waals surface area contributed by atoms with Crippen LogP contribution in [0.2, 0.25) is 0 Å². The number of benzene rings is 3. The second-order valence-electron chi connectivity index (χ2n) is 14.9.